The van der Waals surface area contributed by atoms with Crippen LogP contribution in [-0.4, -0.2) is 25.4 Å². The zero-order valence-corrected chi connectivity index (χ0v) is 12.3. The summed E-state index contributed by atoms with van der Waals surface area (Å²) in [6.45, 7) is 0. The number of carbonyl (C=O) groups is 1. The van der Waals surface area contributed by atoms with Crippen molar-refractivity contribution in [1.29, 1.82) is 0 Å². The van der Waals surface area contributed by atoms with E-state index in [2.05, 4.69) is 31.2 Å². The van der Waals surface area contributed by atoms with E-state index in [0.29, 0.717) is 4.60 Å². The van der Waals surface area contributed by atoms with Gasteiger partial charge in [0.25, 0.3) is 11.6 Å². The van der Waals surface area contributed by atoms with Gasteiger partial charge in [0.1, 0.15) is 10.3 Å². The maximum Gasteiger partial charge on any atom is 0.287 e. The fourth-order valence-electron chi connectivity index (χ4n) is 1.96. The minimum absolute atomic E-state index is 0.0889. The van der Waals surface area contributed by atoms with Gasteiger partial charge < -0.3 is 9.88 Å². The molecule has 21 heavy (non-hydrogen) atoms. The van der Waals surface area contributed by atoms with Crippen LogP contribution in [0.5, 0.6) is 0 Å². The Morgan fingerprint density at radius 1 is 1.43 bits per heavy atom. The highest BCUT2D eigenvalue weighted by Crippen LogP contribution is 2.38. The Balaban J connectivity index is 1.86. The fourth-order valence-corrected chi connectivity index (χ4v) is 2.16. The van der Waals surface area contributed by atoms with Crippen LogP contribution in [-0.2, 0) is 0 Å². The lowest BCUT2D eigenvalue weighted by Gasteiger charge is -2.07. The first kappa shape index (κ1) is 13.7. The molecule has 1 saturated carbocycles. The van der Waals surface area contributed by atoms with Gasteiger partial charge in [0.15, 0.2) is 5.82 Å². The van der Waals surface area contributed by atoms with Crippen LogP contribution in [0.3, 0.4) is 0 Å². The summed E-state index contributed by atoms with van der Waals surface area (Å²) in [5.41, 5.74) is 0.169. The Bertz CT molecular complexity index is 708. The number of halogens is 1. The van der Waals surface area contributed by atoms with Crippen LogP contribution in [0.1, 0.15) is 29.4 Å². The number of hydrogen-bond acceptors (Lipinski definition) is 5. The van der Waals surface area contributed by atoms with Gasteiger partial charge in [-0.25, -0.2) is 9.97 Å². The highest BCUT2D eigenvalue weighted by Gasteiger charge is 2.30. The lowest BCUT2D eigenvalue weighted by Crippen LogP contribution is -2.17. The summed E-state index contributed by atoms with van der Waals surface area (Å²) >= 11 is 3.15. The maximum atomic E-state index is 12.3. The highest BCUT2D eigenvalue weighted by molar-refractivity contribution is 9.10. The van der Waals surface area contributed by atoms with Crippen molar-refractivity contribution in [3.05, 3.63) is 45.1 Å². The number of hydrogen-bond donors (Lipinski definition) is 1. The largest absolute Gasteiger partial charge is 0.334 e. The van der Waals surface area contributed by atoms with Crippen molar-refractivity contribution in [3.63, 3.8) is 0 Å². The van der Waals surface area contributed by atoms with Crippen LogP contribution in [0.15, 0.2) is 29.3 Å². The molecule has 0 aliphatic heterocycles. The van der Waals surface area contributed by atoms with Crippen molar-refractivity contribution in [1.82, 2.24) is 14.5 Å². The predicted molar refractivity (Wildman–Crippen MR) is 77.0 cm³/mol. The molecule has 2 heterocycles. The monoisotopic (exact) mass is 351 g/mol. The molecule has 0 aromatic carbocycles. The molecule has 9 heteroatoms. The Morgan fingerprint density at radius 3 is 2.76 bits per heavy atom. The molecule has 0 unspecified atom stereocenters. The summed E-state index contributed by atoms with van der Waals surface area (Å²) in [5, 5.41) is 13.4. The number of nitrogens with zero attached hydrogens (tertiary/aromatic N) is 4. The standard InChI is InChI=1S/C12H10BrN5O3/c13-10-4-15-11(5-14-10)16-12(19)9-3-8(18(20)21)6-17(9)7-1-2-7/h3-7H,1-2H2,(H,15,16,19). The number of anilines is 1. The van der Waals surface area contributed by atoms with Crippen molar-refractivity contribution in [3.8, 4) is 0 Å². The Kier molecular flexibility index (Phi) is 3.42. The number of nitrogens with one attached hydrogen (secondary N) is 1. The maximum absolute atomic E-state index is 12.3. The van der Waals surface area contributed by atoms with Crippen LogP contribution >= 0.6 is 15.9 Å². The van der Waals surface area contributed by atoms with Gasteiger partial charge in [-0.15, -0.1) is 0 Å². The molecule has 1 amide bonds. The molecule has 0 radical (unpaired) electrons. The van der Waals surface area contributed by atoms with E-state index in [1.54, 1.807) is 4.57 Å². The highest BCUT2D eigenvalue weighted by atomic mass is 79.9. The first-order valence-corrected chi connectivity index (χ1v) is 6.99. The molecule has 0 spiro atoms. The molecule has 8 nitrogen and oxygen atoms in total. The lowest BCUT2D eigenvalue weighted by atomic mass is 10.3. The zero-order valence-electron chi connectivity index (χ0n) is 10.7. The minimum atomic E-state index is -0.505. The summed E-state index contributed by atoms with van der Waals surface area (Å²) in [4.78, 5) is 30.6. The third kappa shape index (κ3) is 2.92. The topological polar surface area (TPSA) is 103 Å². The van der Waals surface area contributed by atoms with Gasteiger partial charge >= 0.3 is 0 Å². The second-order valence-corrected chi connectivity index (χ2v) is 5.47. The van der Waals surface area contributed by atoms with E-state index in [1.165, 1.54) is 24.7 Å². The van der Waals surface area contributed by atoms with Crippen molar-refractivity contribution in [2.45, 2.75) is 18.9 Å². The molecule has 1 N–H and O–H groups in total. The average molecular weight is 352 g/mol. The first-order chi connectivity index (χ1) is 10.0. The van der Waals surface area contributed by atoms with E-state index in [0.717, 1.165) is 12.8 Å². The molecule has 2 aromatic heterocycles. The van der Waals surface area contributed by atoms with Gasteiger partial charge in [0, 0.05) is 12.1 Å². The van der Waals surface area contributed by atoms with Gasteiger partial charge in [-0.3, -0.25) is 14.9 Å². The second-order valence-electron chi connectivity index (χ2n) is 4.66. The van der Waals surface area contributed by atoms with Crippen LogP contribution in [0, 0.1) is 10.1 Å². The predicted octanol–water partition coefficient (Wildman–Crippen LogP) is 2.54. The third-order valence-corrected chi connectivity index (χ3v) is 3.49. The number of carbonyl (C=O) groups excluding carboxylic acids is 1. The molecule has 0 saturated heterocycles. The molecule has 2 aromatic rings. The molecule has 0 atom stereocenters. The molecular weight excluding hydrogens is 342 g/mol. The first-order valence-electron chi connectivity index (χ1n) is 6.20. The summed E-state index contributed by atoms with van der Waals surface area (Å²) < 4.78 is 2.21. The molecular formula is C12H10BrN5O3. The van der Waals surface area contributed by atoms with Crippen LogP contribution in [0.4, 0.5) is 11.5 Å². The number of aromatic nitrogens is 3. The number of amides is 1. The zero-order chi connectivity index (χ0) is 15.0. The van der Waals surface area contributed by atoms with E-state index < -0.39 is 10.8 Å². The Labute approximate surface area is 127 Å². The van der Waals surface area contributed by atoms with Crippen molar-refractivity contribution in [2.24, 2.45) is 0 Å². The summed E-state index contributed by atoms with van der Waals surface area (Å²) in [5.74, 6) is -0.152. The van der Waals surface area contributed by atoms with Crippen molar-refractivity contribution < 1.29 is 9.72 Å². The van der Waals surface area contributed by atoms with Crippen LogP contribution in [0.25, 0.3) is 0 Å². The third-order valence-electron chi connectivity index (χ3n) is 3.08. The van der Waals surface area contributed by atoms with Gasteiger partial charge in [0.05, 0.1) is 23.5 Å². The lowest BCUT2D eigenvalue weighted by molar-refractivity contribution is -0.384. The van der Waals surface area contributed by atoms with Crippen LogP contribution < -0.4 is 5.32 Å². The quantitative estimate of drug-likeness (QED) is 0.673. The summed E-state index contributed by atoms with van der Waals surface area (Å²) in [6, 6.07) is 1.44. The van der Waals surface area contributed by atoms with Gasteiger partial charge in [-0.1, -0.05) is 0 Å². The molecule has 1 aliphatic carbocycles. The molecule has 1 fully saturated rings. The van der Waals surface area contributed by atoms with Crippen molar-refractivity contribution >= 4 is 33.3 Å². The van der Waals surface area contributed by atoms with E-state index in [4.69, 9.17) is 0 Å². The molecule has 108 valence electrons. The van der Waals surface area contributed by atoms with Crippen LogP contribution in [0.2, 0.25) is 0 Å². The SMILES string of the molecule is O=C(Nc1cnc(Br)cn1)c1cc([N+](=O)[O-])cn1C1CC1. The minimum Gasteiger partial charge on any atom is -0.334 e. The Hall–Kier alpha value is -2.29. The number of rotatable bonds is 4. The van der Waals surface area contributed by atoms with Gasteiger partial charge in [0.2, 0.25) is 0 Å². The fraction of sp³-hybridized carbons (Fsp3) is 0.250. The van der Waals surface area contributed by atoms with E-state index in [-0.39, 0.29) is 23.2 Å². The Morgan fingerprint density at radius 2 is 2.19 bits per heavy atom. The van der Waals surface area contributed by atoms with Crippen molar-refractivity contribution in [2.75, 3.05) is 5.32 Å². The smallest absolute Gasteiger partial charge is 0.287 e. The molecule has 1 aliphatic rings. The second kappa shape index (κ2) is 5.24. The molecule has 3 rings (SSSR count). The number of nitro groups is 1. The summed E-state index contributed by atoms with van der Waals surface area (Å²) in [7, 11) is 0. The van der Waals surface area contributed by atoms with E-state index >= 15 is 0 Å². The normalized spacial score (nSPS) is 14.0. The van der Waals surface area contributed by atoms with E-state index in [9.17, 15) is 14.9 Å². The average Bonchev–Trinajstić information content (AvgIpc) is 3.19. The van der Waals surface area contributed by atoms with Gasteiger partial charge in [-0.2, -0.15) is 0 Å². The molecule has 0 bridgehead atoms. The van der Waals surface area contributed by atoms with Gasteiger partial charge in [-0.05, 0) is 28.8 Å². The van der Waals surface area contributed by atoms with E-state index in [1.807, 2.05) is 0 Å². The summed E-state index contributed by atoms with van der Waals surface area (Å²) in [6.07, 6.45) is 6.10.